The third-order valence-electron chi connectivity index (χ3n) is 8.46. The molecule has 0 aliphatic heterocycles. The van der Waals surface area contributed by atoms with Gasteiger partial charge in [0.2, 0.25) is 0 Å². The molecule has 0 N–H and O–H groups in total. The third kappa shape index (κ3) is 4.45. The van der Waals surface area contributed by atoms with E-state index >= 15 is 0 Å². The van der Waals surface area contributed by atoms with Crippen LogP contribution in [0.2, 0.25) is 0 Å². The molecule has 6 aromatic carbocycles. The second kappa shape index (κ2) is 10.3. The summed E-state index contributed by atoms with van der Waals surface area (Å²) < 4.78 is 0. The number of aromatic nitrogens is 2. The molecule has 0 radical (unpaired) electrons. The van der Waals surface area contributed by atoms with Gasteiger partial charge in [0.15, 0.2) is 0 Å². The van der Waals surface area contributed by atoms with Gasteiger partial charge >= 0.3 is 0 Å². The van der Waals surface area contributed by atoms with Gasteiger partial charge in [-0.2, -0.15) is 0 Å². The van der Waals surface area contributed by atoms with Crippen LogP contribution in [0.4, 0.5) is 0 Å². The standard InChI is InChI=1S/C41H28N2/c1-27-10-11-29-14-17-32(25-34(29)24-27)41-37-8-4-2-6-35(37)40(36-7-3-5-9-38(36)41)31-15-12-28(13-16-31)33-18-19-39(43-26-33)30-20-22-42-23-21-30/h2-26H,1H3. The second-order valence-electron chi connectivity index (χ2n) is 11.2. The lowest BCUT2D eigenvalue weighted by atomic mass is 9.85. The molecule has 0 unspecified atom stereocenters. The van der Waals surface area contributed by atoms with Crippen LogP contribution in [0.25, 0.3) is 77.0 Å². The number of nitrogens with zero attached hydrogens (tertiary/aromatic N) is 2. The molecule has 0 aliphatic rings. The minimum Gasteiger partial charge on any atom is -0.265 e. The van der Waals surface area contributed by atoms with Crippen LogP contribution in [-0.4, -0.2) is 9.97 Å². The number of fused-ring (bicyclic) bond motifs is 3. The summed E-state index contributed by atoms with van der Waals surface area (Å²) in [4.78, 5) is 8.84. The van der Waals surface area contributed by atoms with Gasteiger partial charge in [0.05, 0.1) is 5.69 Å². The van der Waals surface area contributed by atoms with Crippen LogP contribution >= 0.6 is 0 Å². The molecule has 0 bridgehead atoms. The van der Waals surface area contributed by atoms with E-state index in [0.29, 0.717) is 0 Å². The summed E-state index contributed by atoms with van der Waals surface area (Å²) in [6.45, 7) is 2.16. The monoisotopic (exact) mass is 548 g/mol. The lowest BCUT2D eigenvalue weighted by molar-refractivity contribution is 1.29. The highest BCUT2D eigenvalue weighted by molar-refractivity contribution is 6.21. The van der Waals surface area contributed by atoms with Crippen molar-refractivity contribution in [3.63, 3.8) is 0 Å². The first-order valence-corrected chi connectivity index (χ1v) is 14.6. The summed E-state index contributed by atoms with van der Waals surface area (Å²) in [5, 5.41) is 7.59. The first kappa shape index (κ1) is 25.1. The Labute approximate surface area is 251 Å². The van der Waals surface area contributed by atoms with Crippen LogP contribution in [0.3, 0.4) is 0 Å². The van der Waals surface area contributed by atoms with Gasteiger partial charge in [0.1, 0.15) is 0 Å². The third-order valence-corrected chi connectivity index (χ3v) is 8.46. The van der Waals surface area contributed by atoms with E-state index in [1.807, 2.05) is 18.3 Å². The summed E-state index contributed by atoms with van der Waals surface area (Å²) in [5.41, 5.74) is 10.5. The average Bonchev–Trinajstić information content (AvgIpc) is 3.07. The molecule has 0 amide bonds. The molecule has 0 saturated heterocycles. The first-order chi connectivity index (χ1) is 21.2. The summed E-state index contributed by atoms with van der Waals surface area (Å²) in [6, 6.07) is 48.3. The second-order valence-corrected chi connectivity index (χ2v) is 11.2. The van der Waals surface area contributed by atoms with Crippen LogP contribution in [0.15, 0.2) is 152 Å². The van der Waals surface area contributed by atoms with Crippen molar-refractivity contribution < 1.29 is 0 Å². The van der Waals surface area contributed by atoms with Gasteiger partial charge in [-0.15, -0.1) is 0 Å². The summed E-state index contributed by atoms with van der Waals surface area (Å²) in [6.07, 6.45) is 5.55. The van der Waals surface area contributed by atoms with Crippen molar-refractivity contribution in [3.8, 4) is 44.6 Å². The van der Waals surface area contributed by atoms with Crippen molar-refractivity contribution in [1.82, 2.24) is 9.97 Å². The lowest BCUT2D eigenvalue weighted by Crippen LogP contribution is -1.91. The van der Waals surface area contributed by atoms with Crippen LogP contribution in [0.5, 0.6) is 0 Å². The Morgan fingerprint density at radius 1 is 0.419 bits per heavy atom. The minimum absolute atomic E-state index is 0.947. The van der Waals surface area contributed by atoms with Gasteiger partial charge in [0.25, 0.3) is 0 Å². The predicted octanol–water partition coefficient (Wildman–Crippen LogP) is 10.9. The number of hydrogen-bond acceptors (Lipinski definition) is 2. The molecule has 0 aliphatic carbocycles. The minimum atomic E-state index is 0.947. The molecule has 2 heteroatoms. The molecular formula is C41H28N2. The molecule has 2 nitrogen and oxygen atoms in total. The van der Waals surface area contributed by atoms with E-state index in [9.17, 15) is 0 Å². The van der Waals surface area contributed by atoms with Crippen molar-refractivity contribution in [2.75, 3.05) is 0 Å². The van der Waals surface area contributed by atoms with Crippen LogP contribution in [0.1, 0.15) is 5.56 Å². The van der Waals surface area contributed by atoms with E-state index < -0.39 is 0 Å². The fourth-order valence-electron chi connectivity index (χ4n) is 6.36. The van der Waals surface area contributed by atoms with E-state index in [-0.39, 0.29) is 0 Å². The Kier molecular flexibility index (Phi) is 6.05. The van der Waals surface area contributed by atoms with Gasteiger partial charge in [-0.1, -0.05) is 115 Å². The quantitative estimate of drug-likeness (QED) is 0.204. The van der Waals surface area contributed by atoms with E-state index in [4.69, 9.17) is 4.98 Å². The van der Waals surface area contributed by atoms with Gasteiger partial charge in [-0.3, -0.25) is 9.97 Å². The molecule has 2 heterocycles. The maximum absolute atomic E-state index is 4.72. The fraction of sp³-hybridized carbons (Fsp3) is 0.0244. The maximum atomic E-state index is 4.72. The topological polar surface area (TPSA) is 25.8 Å². The van der Waals surface area contributed by atoms with Gasteiger partial charge in [-0.05, 0) is 91.3 Å². The van der Waals surface area contributed by atoms with Gasteiger partial charge in [-0.25, -0.2) is 0 Å². The summed E-state index contributed by atoms with van der Waals surface area (Å²) in [5.74, 6) is 0. The number of pyridine rings is 2. The summed E-state index contributed by atoms with van der Waals surface area (Å²) >= 11 is 0. The van der Waals surface area contributed by atoms with Crippen molar-refractivity contribution in [2.24, 2.45) is 0 Å². The number of hydrogen-bond donors (Lipinski definition) is 0. The predicted molar refractivity (Wildman–Crippen MR) is 181 cm³/mol. The number of aryl methyl sites for hydroxylation is 1. The highest BCUT2D eigenvalue weighted by Crippen LogP contribution is 2.44. The van der Waals surface area contributed by atoms with Crippen LogP contribution in [0, 0.1) is 6.92 Å². The zero-order chi connectivity index (χ0) is 28.8. The molecule has 0 fully saturated rings. The molecule has 202 valence electrons. The molecule has 8 rings (SSSR count). The Hall–Kier alpha value is -5.60. The van der Waals surface area contributed by atoms with Crippen molar-refractivity contribution in [1.29, 1.82) is 0 Å². The number of rotatable bonds is 4. The molecule has 8 aromatic rings. The summed E-state index contributed by atoms with van der Waals surface area (Å²) in [7, 11) is 0. The molecule has 0 atom stereocenters. The van der Waals surface area contributed by atoms with Gasteiger partial charge in [0, 0.05) is 29.7 Å². The highest BCUT2D eigenvalue weighted by Gasteiger charge is 2.17. The zero-order valence-corrected chi connectivity index (χ0v) is 23.8. The van der Waals surface area contributed by atoms with Crippen molar-refractivity contribution >= 4 is 32.3 Å². The Bertz CT molecular complexity index is 2210. The smallest absolute Gasteiger partial charge is 0.0703 e. The first-order valence-electron chi connectivity index (χ1n) is 14.6. The Morgan fingerprint density at radius 3 is 1.60 bits per heavy atom. The van der Waals surface area contributed by atoms with Gasteiger partial charge < -0.3 is 0 Å². The number of benzene rings is 6. The Balaban J connectivity index is 1.26. The van der Waals surface area contributed by atoms with E-state index in [0.717, 1.165) is 22.4 Å². The van der Waals surface area contributed by atoms with E-state index in [2.05, 4.69) is 133 Å². The van der Waals surface area contributed by atoms with Crippen molar-refractivity contribution in [2.45, 2.75) is 6.92 Å². The van der Waals surface area contributed by atoms with Crippen LogP contribution in [-0.2, 0) is 0 Å². The molecule has 0 spiro atoms. The normalized spacial score (nSPS) is 11.4. The van der Waals surface area contributed by atoms with Crippen LogP contribution < -0.4 is 0 Å². The van der Waals surface area contributed by atoms with Crippen molar-refractivity contribution in [3.05, 3.63) is 158 Å². The van der Waals surface area contributed by atoms with E-state index in [1.165, 1.54) is 60.1 Å². The molecule has 2 aromatic heterocycles. The van der Waals surface area contributed by atoms with E-state index in [1.54, 1.807) is 12.4 Å². The lowest BCUT2D eigenvalue weighted by Gasteiger charge is -2.18. The Morgan fingerprint density at radius 2 is 0.977 bits per heavy atom. The average molecular weight is 549 g/mol. The zero-order valence-electron chi connectivity index (χ0n) is 23.8. The molecular weight excluding hydrogens is 520 g/mol. The largest absolute Gasteiger partial charge is 0.265 e. The fourth-order valence-corrected chi connectivity index (χ4v) is 6.36. The SMILES string of the molecule is Cc1ccc2ccc(-c3c4ccccc4c(-c4ccc(-c5ccc(-c6ccncc6)nc5)cc4)c4ccccc34)cc2c1. The highest BCUT2D eigenvalue weighted by atomic mass is 14.7. The molecule has 0 saturated carbocycles. The molecule has 43 heavy (non-hydrogen) atoms. The maximum Gasteiger partial charge on any atom is 0.0703 e.